The molecule has 28 heavy (non-hydrogen) atoms. The number of ether oxygens (including phenoxy) is 1. The number of rotatable bonds is 4. The molecular formula is C23H14N4O. The van der Waals surface area contributed by atoms with E-state index in [0.717, 1.165) is 16.6 Å². The highest BCUT2D eigenvalue weighted by molar-refractivity contribution is 5.87. The lowest BCUT2D eigenvalue weighted by Gasteiger charge is -2.12. The van der Waals surface area contributed by atoms with E-state index in [0.29, 0.717) is 28.4 Å². The van der Waals surface area contributed by atoms with Crippen LogP contribution >= 0.6 is 0 Å². The van der Waals surface area contributed by atoms with E-state index >= 15 is 0 Å². The van der Waals surface area contributed by atoms with Gasteiger partial charge in [-0.3, -0.25) is 0 Å². The first kappa shape index (κ1) is 17.1. The van der Waals surface area contributed by atoms with Crippen LogP contribution in [-0.4, -0.2) is 4.98 Å². The van der Waals surface area contributed by atoms with Gasteiger partial charge in [0.05, 0.1) is 28.8 Å². The zero-order chi connectivity index (χ0) is 19.3. The quantitative estimate of drug-likeness (QED) is 0.517. The van der Waals surface area contributed by atoms with Crippen LogP contribution in [0, 0.1) is 22.7 Å². The predicted molar refractivity (Wildman–Crippen MR) is 107 cm³/mol. The molecule has 0 saturated heterocycles. The maximum absolute atomic E-state index is 8.94. The molecule has 4 aromatic rings. The zero-order valence-electron chi connectivity index (χ0n) is 14.8. The number of nitrogens with zero attached hydrogens (tertiary/aromatic N) is 3. The molecule has 0 atom stereocenters. The Labute approximate surface area is 162 Å². The summed E-state index contributed by atoms with van der Waals surface area (Å²) in [5, 5.41) is 22.0. The minimum absolute atomic E-state index is 0.579. The number of hydrogen-bond donors (Lipinski definition) is 1. The van der Waals surface area contributed by atoms with Crippen LogP contribution in [-0.2, 0) is 0 Å². The summed E-state index contributed by atoms with van der Waals surface area (Å²) >= 11 is 0. The highest BCUT2D eigenvalue weighted by Crippen LogP contribution is 2.32. The number of anilines is 2. The summed E-state index contributed by atoms with van der Waals surface area (Å²) in [7, 11) is 0. The van der Waals surface area contributed by atoms with Crippen LogP contribution in [0.4, 0.5) is 11.5 Å². The zero-order valence-corrected chi connectivity index (χ0v) is 14.8. The van der Waals surface area contributed by atoms with E-state index in [1.807, 2.05) is 42.5 Å². The molecule has 3 aromatic carbocycles. The first-order valence-electron chi connectivity index (χ1n) is 8.60. The van der Waals surface area contributed by atoms with Gasteiger partial charge in [-0.05, 0) is 60.7 Å². The van der Waals surface area contributed by atoms with Gasteiger partial charge in [0.2, 0.25) is 0 Å². The van der Waals surface area contributed by atoms with Crippen molar-refractivity contribution in [3.05, 3.63) is 90.0 Å². The molecule has 0 bridgehead atoms. The summed E-state index contributed by atoms with van der Waals surface area (Å²) in [5.74, 6) is 1.93. The molecule has 1 N–H and O–H groups in total. The number of para-hydroxylation sites is 1. The van der Waals surface area contributed by atoms with Gasteiger partial charge in [0.15, 0.2) is 0 Å². The van der Waals surface area contributed by atoms with E-state index in [1.54, 1.807) is 36.4 Å². The third kappa shape index (κ3) is 3.60. The van der Waals surface area contributed by atoms with Crippen molar-refractivity contribution >= 4 is 22.4 Å². The molecule has 132 valence electrons. The van der Waals surface area contributed by atoms with Crippen molar-refractivity contribution in [2.75, 3.05) is 5.32 Å². The maximum Gasteiger partial charge on any atom is 0.140 e. The molecule has 0 aliphatic heterocycles. The highest BCUT2D eigenvalue weighted by Gasteiger charge is 2.09. The van der Waals surface area contributed by atoms with Crippen LogP contribution in [0.25, 0.3) is 10.9 Å². The fourth-order valence-electron chi connectivity index (χ4n) is 2.79. The normalized spacial score (nSPS) is 10.1. The minimum atomic E-state index is 0.579. The van der Waals surface area contributed by atoms with Crippen molar-refractivity contribution in [2.45, 2.75) is 0 Å². The predicted octanol–water partition coefficient (Wildman–Crippen LogP) is 5.51. The van der Waals surface area contributed by atoms with E-state index < -0.39 is 0 Å². The number of fused-ring (bicyclic) bond motifs is 1. The van der Waals surface area contributed by atoms with Gasteiger partial charge in [-0.2, -0.15) is 10.5 Å². The fourth-order valence-corrected chi connectivity index (χ4v) is 2.79. The minimum Gasteiger partial charge on any atom is -0.457 e. The second-order valence-corrected chi connectivity index (χ2v) is 6.08. The lowest BCUT2D eigenvalue weighted by molar-refractivity contribution is 0.488. The molecule has 0 spiro atoms. The number of hydrogen-bond acceptors (Lipinski definition) is 5. The van der Waals surface area contributed by atoms with Crippen LogP contribution < -0.4 is 10.1 Å². The van der Waals surface area contributed by atoms with E-state index in [4.69, 9.17) is 15.3 Å². The van der Waals surface area contributed by atoms with Gasteiger partial charge < -0.3 is 10.1 Å². The molecule has 1 aromatic heterocycles. The Bertz CT molecular complexity index is 1220. The van der Waals surface area contributed by atoms with Gasteiger partial charge in [0.25, 0.3) is 0 Å². The monoisotopic (exact) mass is 362 g/mol. The van der Waals surface area contributed by atoms with Crippen LogP contribution in [0.2, 0.25) is 0 Å². The Kier molecular flexibility index (Phi) is 4.57. The largest absolute Gasteiger partial charge is 0.457 e. The molecule has 0 saturated carbocycles. The van der Waals surface area contributed by atoms with Gasteiger partial charge >= 0.3 is 0 Å². The molecule has 0 fully saturated rings. The van der Waals surface area contributed by atoms with E-state index in [9.17, 15) is 0 Å². The van der Waals surface area contributed by atoms with Crippen LogP contribution in [0.3, 0.4) is 0 Å². The Hall–Kier alpha value is -4.35. The number of aromatic nitrogens is 1. The summed E-state index contributed by atoms with van der Waals surface area (Å²) in [6, 6.07) is 27.9. The summed E-state index contributed by atoms with van der Waals surface area (Å²) < 4.78 is 6.07. The number of nitriles is 2. The van der Waals surface area contributed by atoms with Crippen molar-refractivity contribution in [1.29, 1.82) is 10.5 Å². The second kappa shape index (κ2) is 7.49. The van der Waals surface area contributed by atoms with Gasteiger partial charge in [0, 0.05) is 17.1 Å². The smallest absolute Gasteiger partial charge is 0.140 e. The molecule has 4 rings (SSSR count). The Balaban J connectivity index is 1.70. The first-order chi connectivity index (χ1) is 13.7. The average Bonchev–Trinajstić information content (AvgIpc) is 2.75. The molecule has 0 unspecified atom stereocenters. The molecule has 0 aliphatic carbocycles. The number of nitrogens with one attached hydrogen (secondary N) is 1. The van der Waals surface area contributed by atoms with Gasteiger partial charge in [-0.25, -0.2) is 4.98 Å². The Morgan fingerprint density at radius 1 is 0.786 bits per heavy atom. The second-order valence-electron chi connectivity index (χ2n) is 6.08. The lowest BCUT2D eigenvalue weighted by atomic mass is 10.2. The number of pyridine rings is 1. The molecule has 0 radical (unpaired) electrons. The van der Waals surface area contributed by atoms with Crippen molar-refractivity contribution in [1.82, 2.24) is 4.98 Å². The van der Waals surface area contributed by atoms with Crippen LogP contribution in [0.15, 0.2) is 78.9 Å². The van der Waals surface area contributed by atoms with E-state index in [2.05, 4.69) is 22.4 Å². The average molecular weight is 362 g/mol. The van der Waals surface area contributed by atoms with Gasteiger partial charge in [-0.1, -0.05) is 12.1 Å². The van der Waals surface area contributed by atoms with Crippen molar-refractivity contribution in [3.63, 3.8) is 0 Å². The highest BCUT2D eigenvalue weighted by atomic mass is 16.5. The fraction of sp³-hybridized carbons (Fsp3) is 0. The summed E-state index contributed by atoms with van der Waals surface area (Å²) in [6.45, 7) is 0. The van der Waals surface area contributed by atoms with E-state index in [1.165, 1.54) is 0 Å². The van der Waals surface area contributed by atoms with Gasteiger partial charge in [0.1, 0.15) is 17.3 Å². The molecule has 5 heteroatoms. The molecule has 1 heterocycles. The molecule has 0 aliphatic rings. The maximum atomic E-state index is 8.94. The van der Waals surface area contributed by atoms with Crippen LogP contribution in [0.1, 0.15) is 11.1 Å². The molecular weight excluding hydrogens is 348 g/mol. The Morgan fingerprint density at radius 3 is 2.11 bits per heavy atom. The topological polar surface area (TPSA) is 81.7 Å². The van der Waals surface area contributed by atoms with Gasteiger partial charge in [-0.15, -0.1) is 0 Å². The standard InChI is InChI=1S/C23H14N4O/c24-14-16-5-9-18(10-6-16)26-23-13-22(20-3-1-2-4-21(20)27-23)28-19-11-7-17(15-25)8-12-19/h1-13H,(H,26,27). The lowest BCUT2D eigenvalue weighted by Crippen LogP contribution is -1.96. The third-order valence-electron chi connectivity index (χ3n) is 4.18. The molecule has 5 nitrogen and oxygen atoms in total. The SMILES string of the molecule is N#Cc1ccc(Nc2cc(Oc3ccc(C#N)cc3)c3ccccc3n2)cc1. The summed E-state index contributed by atoms with van der Waals surface area (Å²) in [4.78, 5) is 4.64. The summed E-state index contributed by atoms with van der Waals surface area (Å²) in [5.41, 5.74) is 2.80. The van der Waals surface area contributed by atoms with E-state index in [-0.39, 0.29) is 0 Å². The van der Waals surface area contributed by atoms with Crippen molar-refractivity contribution < 1.29 is 4.74 Å². The molecule has 0 amide bonds. The summed E-state index contributed by atoms with van der Waals surface area (Å²) in [6.07, 6.45) is 0. The first-order valence-corrected chi connectivity index (χ1v) is 8.60. The van der Waals surface area contributed by atoms with Crippen molar-refractivity contribution in [3.8, 4) is 23.6 Å². The number of benzene rings is 3. The van der Waals surface area contributed by atoms with Crippen molar-refractivity contribution in [2.24, 2.45) is 0 Å². The van der Waals surface area contributed by atoms with Crippen LogP contribution in [0.5, 0.6) is 11.5 Å². The Morgan fingerprint density at radius 2 is 1.43 bits per heavy atom. The third-order valence-corrected chi connectivity index (χ3v) is 4.18.